The van der Waals surface area contributed by atoms with Gasteiger partial charge in [0, 0.05) is 37.4 Å². The molecule has 4 rings (SSSR count). The van der Waals surface area contributed by atoms with E-state index in [2.05, 4.69) is 58.0 Å². The minimum atomic E-state index is 0. The molecule has 1 aliphatic rings. The normalized spacial score (nSPS) is 13.4. The van der Waals surface area contributed by atoms with Crippen molar-refractivity contribution in [2.45, 2.75) is 52.2 Å². The molecule has 0 aliphatic heterocycles. The first-order valence-electron chi connectivity index (χ1n) is 10.7. The molecule has 3 aromatic rings. The van der Waals surface area contributed by atoms with Crippen LogP contribution in [-0.2, 0) is 32.5 Å². The first kappa shape index (κ1) is 23.7. The van der Waals surface area contributed by atoms with Crippen LogP contribution in [0.3, 0.4) is 0 Å². The lowest BCUT2D eigenvalue weighted by Crippen LogP contribution is -2.38. The van der Waals surface area contributed by atoms with Crippen LogP contribution in [0.4, 0.5) is 0 Å². The Morgan fingerprint density at radius 1 is 1.23 bits per heavy atom. The van der Waals surface area contributed by atoms with Crippen molar-refractivity contribution in [1.82, 2.24) is 24.8 Å². The number of nitrogens with zero attached hydrogens (tertiary/aromatic N) is 5. The molecule has 166 valence electrons. The van der Waals surface area contributed by atoms with Gasteiger partial charge in [0.1, 0.15) is 17.4 Å². The van der Waals surface area contributed by atoms with Crippen LogP contribution in [0.5, 0.6) is 0 Å². The van der Waals surface area contributed by atoms with Gasteiger partial charge < -0.3 is 14.8 Å². The Hall–Kier alpha value is -1.94. The van der Waals surface area contributed by atoms with Gasteiger partial charge in [0.2, 0.25) is 0 Å². The fourth-order valence-corrected chi connectivity index (χ4v) is 4.99. The van der Waals surface area contributed by atoms with Crippen molar-refractivity contribution in [2.75, 3.05) is 13.6 Å². The number of aliphatic imine (C=N–C) groups is 1. The van der Waals surface area contributed by atoms with Crippen LogP contribution < -0.4 is 5.32 Å². The third kappa shape index (κ3) is 6.29. The number of guanidine groups is 1. The lowest BCUT2D eigenvalue weighted by Gasteiger charge is -2.21. The number of imidazole rings is 1. The van der Waals surface area contributed by atoms with E-state index in [1.165, 1.54) is 40.4 Å². The molecule has 0 unspecified atom stereocenters. The highest BCUT2D eigenvalue weighted by Gasteiger charge is 2.17. The van der Waals surface area contributed by atoms with Crippen LogP contribution in [-0.4, -0.2) is 39.0 Å². The van der Waals surface area contributed by atoms with Gasteiger partial charge in [0.15, 0.2) is 5.96 Å². The fourth-order valence-electron chi connectivity index (χ4n) is 3.78. The number of aromatic nitrogens is 3. The molecule has 1 aliphatic carbocycles. The summed E-state index contributed by atoms with van der Waals surface area (Å²) in [6.07, 6.45) is 8.76. The topological polar surface area (TPSA) is 58.3 Å². The van der Waals surface area contributed by atoms with Gasteiger partial charge in [0.25, 0.3) is 0 Å². The Bertz CT molecular complexity index is 958. The second kappa shape index (κ2) is 11.6. The average Bonchev–Trinajstić information content (AvgIpc) is 3.37. The van der Waals surface area contributed by atoms with Crippen molar-refractivity contribution in [2.24, 2.45) is 4.99 Å². The number of hydrogen-bond acceptors (Lipinski definition) is 4. The zero-order chi connectivity index (χ0) is 20.8. The van der Waals surface area contributed by atoms with Crippen LogP contribution in [0.15, 0.2) is 47.7 Å². The number of benzene rings is 1. The minimum Gasteiger partial charge on any atom is -0.357 e. The smallest absolute Gasteiger partial charge is 0.194 e. The zero-order valence-corrected chi connectivity index (χ0v) is 21.4. The van der Waals surface area contributed by atoms with Gasteiger partial charge in [0.05, 0.1) is 12.2 Å². The maximum Gasteiger partial charge on any atom is 0.194 e. The molecule has 0 atom stereocenters. The van der Waals surface area contributed by atoms with Gasteiger partial charge in [-0.3, -0.25) is 0 Å². The Kier molecular flexibility index (Phi) is 8.89. The molecule has 1 N–H and O–H groups in total. The van der Waals surface area contributed by atoms with E-state index in [1.807, 2.05) is 29.8 Å². The third-order valence-electron chi connectivity index (χ3n) is 5.33. The maximum absolute atomic E-state index is 4.88. The largest absolute Gasteiger partial charge is 0.357 e. The highest BCUT2D eigenvalue weighted by atomic mass is 127. The summed E-state index contributed by atoms with van der Waals surface area (Å²) in [7, 11) is 2.08. The van der Waals surface area contributed by atoms with Crippen molar-refractivity contribution in [3.05, 3.63) is 69.7 Å². The second-order valence-electron chi connectivity index (χ2n) is 7.67. The third-order valence-corrected chi connectivity index (χ3v) is 6.47. The van der Waals surface area contributed by atoms with Gasteiger partial charge >= 0.3 is 0 Å². The Balaban J connectivity index is 0.00000272. The van der Waals surface area contributed by atoms with Crippen LogP contribution in [0.2, 0.25) is 0 Å². The van der Waals surface area contributed by atoms with Gasteiger partial charge in [-0.15, -0.1) is 35.3 Å². The second-order valence-corrected chi connectivity index (χ2v) is 8.84. The van der Waals surface area contributed by atoms with Crippen LogP contribution in [0.1, 0.15) is 46.7 Å². The van der Waals surface area contributed by atoms with E-state index in [4.69, 9.17) is 9.98 Å². The molecule has 0 radical (unpaired) electrons. The molecule has 1 aromatic carbocycles. The number of fused-ring (bicyclic) bond motifs is 1. The highest BCUT2D eigenvalue weighted by molar-refractivity contribution is 14.0. The number of halogens is 1. The van der Waals surface area contributed by atoms with Crippen molar-refractivity contribution in [3.8, 4) is 0 Å². The Morgan fingerprint density at radius 3 is 2.81 bits per heavy atom. The summed E-state index contributed by atoms with van der Waals surface area (Å²) in [5, 5.41) is 4.59. The molecule has 8 heteroatoms. The van der Waals surface area contributed by atoms with Crippen LogP contribution in [0.25, 0.3) is 0 Å². The molecule has 2 heterocycles. The summed E-state index contributed by atoms with van der Waals surface area (Å²) in [4.78, 5) is 17.9. The molecule has 6 nitrogen and oxygen atoms in total. The highest BCUT2D eigenvalue weighted by Crippen LogP contribution is 2.27. The maximum atomic E-state index is 4.88. The first-order chi connectivity index (χ1) is 14.7. The number of aryl methyl sites for hydroxylation is 2. The van der Waals surface area contributed by atoms with Crippen molar-refractivity contribution >= 4 is 41.3 Å². The minimum absolute atomic E-state index is 0. The van der Waals surface area contributed by atoms with Crippen LogP contribution in [0, 0.1) is 0 Å². The molecule has 0 saturated carbocycles. The lowest BCUT2D eigenvalue weighted by molar-refractivity contribution is 0.474. The van der Waals surface area contributed by atoms with E-state index in [9.17, 15) is 0 Å². The fraction of sp³-hybridized carbons (Fsp3) is 0.435. The summed E-state index contributed by atoms with van der Waals surface area (Å²) in [6.45, 7) is 5.06. The quantitative estimate of drug-likeness (QED) is 0.268. The summed E-state index contributed by atoms with van der Waals surface area (Å²) in [5.74, 6) is 1.85. The molecule has 31 heavy (non-hydrogen) atoms. The molecular formula is C23H31IN6S. The van der Waals surface area contributed by atoms with Gasteiger partial charge in [-0.1, -0.05) is 30.3 Å². The molecule has 0 spiro atoms. The number of nitrogens with one attached hydrogen (secondary N) is 1. The van der Waals surface area contributed by atoms with Crippen molar-refractivity contribution < 1.29 is 0 Å². The van der Waals surface area contributed by atoms with E-state index in [0.717, 1.165) is 37.8 Å². The van der Waals surface area contributed by atoms with E-state index >= 15 is 0 Å². The summed E-state index contributed by atoms with van der Waals surface area (Å²) in [5.41, 5.74) is 2.58. The Labute approximate surface area is 205 Å². The van der Waals surface area contributed by atoms with E-state index in [0.29, 0.717) is 6.54 Å². The monoisotopic (exact) mass is 550 g/mol. The molecule has 2 aromatic heterocycles. The summed E-state index contributed by atoms with van der Waals surface area (Å²) >= 11 is 1.87. The van der Waals surface area contributed by atoms with Crippen molar-refractivity contribution in [1.29, 1.82) is 0 Å². The predicted molar refractivity (Wildman–Crippen MR) is 138 cm³/mol. The Morgan fingerprint density at radius 2 is 2.03 bits per heavy atom. The molecule has 0 fully saturated rings. The predicted octanol–water partition coefficient (Wildman–Crippen LogP) is 4.48. The van der Waals surface area contributed by atoms with E-state index in [-0.39, 0.29) is 24.0 Å². The molecule has 0 saturated heterocycles. The number of thiazole rings is 1. The average molecular weight is 551 g/mol. The summed E-state index contributed by atoms with van der Waals surface area (Å²) < 4.78 is 2.16. The van der Waals surface area contributed by atoms with E-state index < -0.39 is 0 Å². The van der Waals surface area contributed by atoms with E-state index in [1.54, 1.807) is 0 Å². The summed E-state index contributed by atoms with van der Waals surface area (Å²) in [6, 6.07) is 10.5. The SMILES string of the molecule is CCNC(=NCc1nccn1Cc1ccccc1)N(C)Cc1nc2c(s1)CCCC2.I. The number of hydrogen-bond donors (Lipinski definition) is 1. The number of rotatable bonds is 7. The van der Waals surface area contributed by atoms with Gasteiger partial charge in [-0.2, -0.15) is 0 Å². The first-order valence-corrected chi connectivity index (χ1v) is 11.6. The van der Waals surface area contributed by atoms with Gasteiger partial charge in [-0.05, 0) is 38.2 Å². The lowest BCUT2D eigenvalue weighted by atomic mass is 10.0. The van der Waals surface area contributed by atoms with Gasteiger partial charge in [-0.25, -0.2) is 15.0 Å². The van der Waals surface area contributed by atoms with Crippen LogP contribution >= 0.6 is 35.3 Å². The van der Waals surface area contributed by atoms with Crippen molar-refractivity contribution in [3.63, 3.8) is 0 Å². The molecule has 0 bridgehead atoms. The standard InChI is InChI=1S/C23H30N6S.HI/c1-3-24-23(28(2)17-22-27-19-11-7-8-12-20(19)30-22)26-15-21-25-13-14-29(21)16-18-9-5-4-6-10-18;/h4-6,9-10,13-14H,3,7-8,11-12,15-17H2,1-2H3,(H,24,26);1H. The molecule has 0 amide bonds. The molecular weight excluding hydrogens is 519 g/mol. The zero-order valence-electron chi connectivity index (χ0n) is 18.3.